The zero-order valence-electron chi connectivity index (χ0n) is 9.89. The number of benzene rings is 1. The minimum Gasteiger partial charge on any atom is -0.507 e. The Kier molecular flexibility index (Phi) is 4.17. The number of esters is 1. The molecule has 0 aliphatic carbocycles. The van der Waals surface area contributed by atoms with Gasteiger partial charge in [-0.05, 0) is 0 Å². The Bertz CT molecular complexity index is 419. The van der Waals surface area contributed by atoms with E-state index in [-0.39, 0.29) is 17.1 Å². The number of carbonyl (C=O) groups is 1. The highest BCUT2D eigenvalue weighted by Gasteiger charge is 2.25. The summed E-state index contributed by atoms with van der Waals surface area (Å²) in [4.78, 5) is 11.3. The fourth-order valence-electron chi connectivity index (χ4n) is 1.43. The van der Waals surface area contributed by atoms with E-state index in [1.807, 2.05) is 0 Å². The number of phenolic OH excluding ortho intramolecular Hbond substituents is 1. The van der Waals surface area contributed by atoms with Gasteiger partial charge in [-0.3, -0.25) is 0 Å². The molecule has 1 atom stereocenters. The largest absolute Gasteiger partial charge is 0.507 e. The third kappa shape index (κ3) is 2.59. The molecular formula is C11H15NO5. The molecule has 94 valence electrons. The number of rotatable bonds is 4. The van der Waals surface area contributed by atoms with Crippen molar-refractivity contribution in [1.29, 1.82) is 0 Å². The molecule has 0 amide bonds. The molecule has 0 aromatic heterocycles. The lowest BCUT2D eigenvalue weighted by Crippen LogP contribution is -2.23. The Morgan fingerprint density at radius 3 is 2.41 bits per heavy atom. The van der Waals surface area contributed by atoms with Crippen LogP contribution in [-0.2, 0) is 9.53 Å². The highest BCUT2D eigenvalue weighted by molar-refractivity contribution is 5.79. The van der Waals surface area contributed by atoms with Crippen LogP contribution in [0.15, 0.2) is 12.1 Å². The van der Waals surface area contributed by atoms with Gasteiger partial charge in [0.05, 0.1) is 26.9 Å². The van der Waals surface area contributed by atoms with Crippen LogP contribution in [0, 0.1) is 0 Å². The monoisotopic (exact) mass is 241 g/mol. The number of ether oxygens (including phenoxy) is 3. The predicted octanol–water partition coefficient (Wildman–Crippen LogP) is 0.582. The fourth-order valence-corrected chi connectivity index (χ4v) is 1.43. The first-order valence-corrected chi connectivity index (χ1v) is 4.83. The van der Waals surface area contributed by atoms with E-state index in [9.17, 15) is 9.90 Å². The smallest absolute Gasteiger partial charge is 0.327 e. The first-order chi connectivity index (χ1) is 8.04. The molecule has 1 aromatic carbocycles. The first kappa shape index (κ1) is 13.1. The average Bonchev–Trinajstić information content (AvgIpc) is 2.35. The zero-order chi connectivity index (χ0) is 13.0. The lowest BCUT2D eigenvalue weighted by molar-refractivity contribution is -0.142. The summed E-state index contributed by atoms with van der Waals surface area (Å²) in [6.45, 7) is 0. The molecule has 3 N–H and O–H groups in total. The van der Waals surface area contributed by atoms with Crippen LogP contribution in [0.3, 0.4) is 0 Å². The van der Waals surface area contributed by atoms with Gasteiger partial charge in [0.15, 0.2) is 0 Å². The van der Waals surface area contributed by atoms with E-state index >= 15 is 0 Å². The predicted molar refractivity (Wildman–Crippen MR) is 60.2 cm³/mol. The third-order valence-corrected chi connectivity index (χ3v) is 2.32. The molecule has 0 unspecified atom stereocenters. The Balaban J connectivity index is 3.27. The first-order valence-electron chi connectivity index (χ1n) is 4.83. The lowest BCUT2D eigenvalue weighted by atomic mass is 10.0. The highest BCUT2D eigenvalue weighted by atomic mass is 16.5. The van der Waals surface area contributed by atoms with Gasteiger partial charge in [0.2, 0.25) is 0 Å². The van der Waals surface area contributed by atoms with E-state index in [0.717, 1.165) is 0 Å². The van der Waals surface area contributed by atoms with Crippen LogP contribution in [0.1, 0.15) is 11.6 Å². The summed E-state index contributed by atoms with van der Waals surface area (Å²) in [6, 6.07) is 1.76. The second kappa shape index (κ2) is 5.40. The lowest BCUT2D eigenvalue weighted by Gasteiger charge is -2.16. The van der Waals surface area contributed by atoms with Crippen LogP contribution in [0.5, 0.6) is 17.2 Å². The second-order valence-electron chi connectivity index (χ2n) is 3.26. The van der Waals surface area contributed by atoms with Crippen molar-refractivity contribution in [3.05, 3.63) is 17.7 Å². The van der Waals surface area contributed by atoms with Crippen LogP contribution in [0.2, 0.25) is 0 Å². The van der Waals surface area contributed by atoms with E-state index in [2.05, 4.69) is 4.74 Å². The second-order valence-corrected chi connectivity index (χ2v) is 3.26. The van der Waals surface area contributed by atoms with Crippen LogP contribution >= 0.6 is 0 Å². The van der Waals surface area contributed by atoms with Gasteiger partial charge >= 0.3 is 5.97 Å². The molecule has 1 aromatic rings. The van der Waals surface area contributed by atoms with Crippen molar-refractivity contribution in [2.24, 2.45) is 5.73 Å². The Hall–Kier alpha value is -1.95. The number of hydrogen-bond donors (Lipinski definition) is 2. The van der Waals surface area contributed by atoms with Crippen molar-refractivity contribution in [2.45, 2.75) is 6.04 Å². The molecule has 0 saturated heterocycles. The maximum atomic E-state index is 11.3. The summed E-state index contributed by atoms with van der Waals surface area (Å²) in [5.74, 6) is -0.178. The minimum absolute atomic E-state index is 0.167. The van der Waals surface area contributed by atoms with Crippen molar-refractivity contribution in [3.63, 3.8) is 0 Å². The Labute approximate surface area is 98.9 Å². The molecule has 17 heavy (non-hydrogen) atoms. The quantitative estimate of drug-likeness (QED) is 0.749. The van der Waals surface area contributed by atoms with E-state index in [1.165, 1.54) is 33.5 Å². The molecule has 0 fully saturated rings. The normalized spacial score (nSPS) is 11.8. The summed E-state index contributed by atoms with van der Waals surface area (Å²) < 4.78 is 14.5. The van der Waals surface area contributed by atoms with Crippen molar-refractivity contribution >= 4 is 5.97 Å². The summed E-state index contributed by atoms with van der Waals surface area (Å²) in [5, 5.41) is 9.80. The number of methoxy groups -OCH3 is 3. The van der Waals surface area contributed by atoms with Gasteiger partial charge in [-0.25, -0.2) is 4.79 Å². The van der Waals surface area contributed by atoms with Gasteiger partial charge in [-0.1, -0.05) is 0 Å². The molecular weight excluding hydrogens is 226 g/mol. The number of nitrogens with two attached hydrogens (primary N) is 1. The van der Waals surface area contributed by atoms with Gasteiger partial charge < -0.3 is 25.1 Å². The van der Waals surface area contributed by atoms with E-state index in [4.69, 9.17) is 15.2 Å². The number of carbonyl (C=O) groups excluding carboxylic acids is 1. The summed E-state index contributed by atoms with van der Waals surface area (Å²) in [5.41, 5.74) is 5.83. The number of aromatic hydroxyl groups is 1. The molecule has 0 aliphatic heterocycles. The summed E-state index contributed by atoms with van der Waals surface area (Å²) in [7, 11) is 4.07. The van der Waals surface area contributed by atoms with Gasteiger partial charge in [0.25, 0.3) is 0 Å². The number of hydrogen-bond acceptors (Lipinski definition) is 6. The van der Waals surface area contributed by atoms with Gasteiger partial charge in [-0.2, -0.15) is 0 Å². The average molecular weight is 241 g/mol. The molecule has 1 rings (SSSR count). The van der Waals surface area contributed by atoms with Gasteiger partial charge in [0.1, 0.15) is 23.3 Å². The molecule has 6 heteroatoms. The molecule has 6 nitrogen and oxygen atoms in total. The van der Waals surface area contributed by atoms with Gasteiger partial charge in [0, 0.05) is 12.1 Å². The molecule has 0 aliphatic rings. The van der Waals surface area contributed by atoms with Crippen molar-refractivity contribution in [1.82, 2.24) is 0 Å². The summed E-state index contributed by atoms with van der Waals surface area (Å²) >= 11 is 0. The maximum Gasteiger partial charge on any atom is 0.327 e. The fraction of sp³-hybridized carbons (Fsp3) is 0.364. The minimum atomic E-state index is -1.11. The maximum absolute atomic E-state index is 11.3. The third-order valence-electron chi connectivity index (χ3n) is 2.32. The van der Waals surface area contributed by atoms with Crippen molar-refractivity contribution in [3.8, 4) is 17.2 Å². The molecule has 0 bridgehead atoms. The highest BCUT2D eigenvalue weighted by Crippen LogP contribution is 2.37. The Morgan fingerprint density at radius 2 is 1.94 bits per heavy atom. The zero-order valence-corrected chi connectivity index (χ0v) is 9.89. The van der Waals surface area contributed by atoms with Crippen molar-refractivity contribution < 1.29 is 24.1 Å². The van der Waals surface area contributed by atoms with Crippen LogP contribution in [0.25, 0.3) is 0 Å². The topological polar surface area (TPSA) is 91.0 Å². The molecule has 0 heterocycles. The molecule has 0 radical (unpaired) electrons. The van der Waals surface area contributed by atoms with Crippen LogP contribution in [-0.4, -0.2) is 32.4 Å². The van der Waals surface area contributed by atoms with E-state index < -0.39 is 12.0 Å². The van der Waals surface area contributed by atoms with Crippen molar-refractivity contribution in [2.75, 3.05) is 21.3 Å². The number of phenols is 1. The standard InChI is InChI=1S/C11H15NO5/c1-15-6-4-7(13)9(8(5-6)16-2)10(12)11(14)17-3/h4-5,10,13H,12H2,1-3H3/t10-/m1/s1. The molecule has 0 spiro atoms. The SMILES string of the molecule is COC(=O)[C@H](N)c1c(O)cc(OC)cc1OC. The molecule has 0 saturated carbocycles. The van der Waals surface area contributed by atoms with Crippen LogP contribution in [0.4, 0.5) is 0 Å². The van der Waals surface area contributed by atoms with E-state index in [1.54, 1.807) is 0 Å². The van der Waals surface area contributed by atoms with E-state index in [0.29, 0.717) is 5.75 Å². The van der Waals surface area contributed by atoms with Crippen LogP contribution < -0.4 is 15.2 Å². The van der Waals surface area contributed by atoms with Gasteiger partial charge in [-0.15, -0.1) is 0 Å². The summed E-state index contributed by atoms with van der Waals surface area (Å²) in [6.07, 6.45) is 0. The Morgan fingerprint density at radius 1 is 1.29 bits per heavy atom.